The lowest BCUT2D eigenvalue weighted by atomic mass is 10.2. The first-order valence-electron chi connectivity index (χ1n) is 6.56. The highest BCUT2D eigenvalue weighted by Crippen LogP contribution is 2.25. The predicted molar refractivity (Wildman–Crippen MR) is 89.6 cm³/mol. The molecule has 0 aromatic heterocycles. The molecule has 22 heavy (non-hydrogen) atoms. The van der Waals surface area contributed by atoms with Gasteiger partial charge in [-0.05, 0) is 58.7 Å². The van der Waals surface area contributed by atoms with E-state index in [1.807, 2.05) is 25.1 Å². The first-order valence-corrected chi connectivity index (χ1v) is 7.35. The summed E-state index contributed by atoms with van der Waals surface area (Å²) in [4.78, 5) is 10.1. The van der Waals surface area contributed by atoms with E-state index >= 15 is 0 Å². The van der Waals surface area contributed by atoms with Crippen LogP contribution in [0.1, 0.15) is 12.5 Å². The van der Waals surface area contributed by atoms with Gasteiger partial charge in [-0.15, -0.1) is 0 Å². The second-order valence-corrected chi connectivity index (χ2v) is 5.15. The van der Waals surface area contributed by atoms with Gasteiger partial charge >= 0.3 is 0 Å². The van der Waals surface area contributed by atoms with Crippen molar-refractivity contribution in [3.8, 4) is 5.75 Å². The van der Waals surface area contributed by atoms with E-state index in [1.54, 1.807) is 18.3 Å². The van der Waals surface area contributed by atoms with Gasteiger partial charge in [0.25, 0.3) is 5.69 Å². The molecule has 0 amide bonds. The molecule has 1 N–H and O–H groups in total. The number of ether oxygens (including phenoxy) is 1. The van der Waals surface area contributed by atoms with Crippen LogP contribution in [-0.4, -0.2) is 17.7 Å². The van der Waals surface area contributed by atoms with E-state index in [0.29, 0.717) is 12.3 Å². The van der Waals surface area contributed by atoms with Gasteiger partial charge in [0.05, 0.1) is 27.9 Å². The number of benzene rings is 2. The molecule has 0 aliphatic carbocycles. The van der Waals surface area contributed by atoms with Gasteiger partial charge in [0.2, 0.25) is 0 Å². The monoisotopic (exact) mass is 363 g/mol. The van der Waals surface area contributed by atoms with Gasteiger partial charge in [-0.1, -0.05) is 0 Å². The van der Waals surface area contributed by atoms with Crippen LogP contribution in [-0.2, 0) is 0 Å². The topological polar surface area (TPSA) is 76.8 Å². The van der Waals surface area contributed by atoms with Crippen LogP contribution in [0.25, 0.3) is 0 Å². The Morgan fingerprint density at radius 1 is 1.32 bits per heavy atom. The minimum absolute atomic E-state index is 0.0463. The zero-order valence-corrected chi connectivity index (χ0v) is 13.4. The van der Waals surface area contributed by atoms with Gasteiger partial charge < -0.3 is 4.74 Å². The molecule has 2 rings (SSSR count). The fourth-order valence-corrected chi connectivity index (χ4v) is 2.22. The van der Waals surface area contributed by atoms with Crippen LogP contribution in [0.15, 0.2) is 52.0 Å². The summed E-state index contributed by atoms with van der Waals surface area (Å²) in [6.45, 7) is 2.53. The van der Waals surface area contributed by atoms with E-state index < -0.39 is 4.92 Å². The van der Waals surface area contributed by atoms with Gasteiger partial charge in [-0.3, -0.25) is 15.5 Å². The summed E-state index contributed by atoms with van der Waals surface area (Å²) in [6, 6.07) is 11.7. The van der Waals surface area contributed by atoms with Crippen molar-refractivity contribution >= 4 is 33.5 Å². The van der Waals surface area contributed by atoms with Gasteiger partial charge in [0, 0.05) is 12.1 Å². The standard InChI is InChI=1S/C15H14BrN3O3/c1-2-22-15-8-3-11(9-14(15)16)10-17-18-12-4-6-13(7-5-12)19(20)21/h3-10,18H,2H2,1H3/b17-10+. The minimum atomic E-state index is -0.440. The molecule has 0 saturated carbocycles. The lowest BCUT2D eigenvalue weighted by Crippen LogP contribution is -1.94. The maximum absolute atomic E-state index is 10.6. The Morgan fingerprint density at radius 2 is 2.05 bits per heavy atom. The molecular weight excluding hydrogens is 350 g/mol. The fourth-order valence-electron chi connectivity index (χ4n) is 1.71. The number of nitro groups is 1. The van der Waals surface area contributed by atoms with Crippen molar-refractivity contribution < 1.29 is 9.66 Å². The smallest absolute Gasteiger partial charge is 0.269 e. The highest BCUT2D eigenvalue weighted by atomic mass is 79.9. The highest BCUT2D eigenvalue weighted by molar-refractivity contribution is 9.10. The van der Waals surface area contributed by atoms with Crippen molar-refractivity contribution in [2.45, 2.75) is 6.92 Å². The maximum Gasteiger partial charge on any atom is 0.269 e. The zero-order valence-electron chi connectivity index (χ0n) is 11.8. The first-order chi connectivity index (χ1) is 10.6. The molecule has 0 spiro atoms. The number of nitrogens with one attached hydrogen (secondary N) is 1. The summed E-state index contributed by atoms with van der Waals surface area (Å²) in [5, 5.41) is 14.7. The number of hydrogen-bond donors (Lipinski definition) is 1. The summed E-state index contributed by atoms with van der Waals surface area (Å²) in [6.07, 6.45) is 1.65. The number of non-ortho nitro benzene ring substituents is 1. The van der Waals surface area contributed by atoms with Crippen molar-refractivity contribution in [1.29, 1.82) is 0 Å². The van der Waals surface area contributed by atoms with Gasteiger partial charge in [0.15, 0.2) is 0 Å². The Labute approximate surface area is 136 Å². The maximum atomic E-state index is 10.6. The summed E-state index contributed by atoms with van der Waals surface area (Å²) in [5.74, 6) is 0.781. The highest BCUT2D eigenvalue weighted by Gasteiger charge is 2.03. The van der Waals surface area contributed by atoms with Gasteiger partial charge in [-0.25, -0.2) is 0 Å². The number of nitrogens with zero attached hydrogens (tertiary/aromatic N) is 2. The molecule has 0 fully saturated rings. The third-order valence-corrected chi connectivity index (χ3v) is 3.36. The molecule has 6 nitrogen and oxygen atoms in total. The summed E-state index contributed by atoms with van der Waals surface area (Å²) < 4.78 is 6.29. The normalized spacial score (nSPS) is 10.6. The summed E-state index contributed by atoms with van der Waals surface area (Å²) >= 11 is 3.44. The number of halogens is 1. The fraction of sp³-hybridized carbons (Fsp3) is 0.133. The molecular formula is C15H14BrN3O3. The van der Waals surface area contributed by atoms with Crippen molar-refractivity contribution in [2.24, 2.45) is 5.10 Å². The Bertz CT molecular complexity index is 687. The van der Waals surface area contributed by atoms with Gasteiger partial charge in [-0.2, -0.15) is 5.10 Å². The third kappa shape index (κ3) is 4.29. The predicted octanol–water partition coefficient (Wildman–Crippen LogP) is 4.20. The Hall–Kier alpha value is -2.41. The SMILES string of the molecule is CCOc1ccc(/C=N/Nc2ccc([N+](=O)[O-])cc2)cc1Br. The van der Waals surface area contributed by atoms with Crippen LogP contribution in [0.3, 0.4) is 0 Å². The van der Waals surface area contributed by atoms with Crippen molar-refractivity contribution in [1.82, 2.24) is 0 Å². The van der Waals surface area contributed by atoms with Crippen LogP contribution in [0.5, 0.6) is 5.75 Å². The van der Waals surface area contributed by atoms with E-state index in [1.165, 1.54) is 12.1 Å². The lowest BCUT2D eigenvalue weighted by molar-refractivity contribution is -0.384. The second-order valence-electron chi connectivity index (χ2n) is 4.30. The number of hydrogen-bond acceptors (Lipinski definition) is 5. The van der Waals surface area contributed by atoms with E-state index in [9.17, 15) is 10.1 Å². The minimum Gasteiger partial charge on any atom is -0.493 e. The molecule has 0 aliphatic rings. The molecule has 0 saturated heterocycles. The van der Waals surface area contributed by atoms with E-state index in [-0.39, 0.29) is 5.69 Å². The van der Waals surface area contributed by atoms with Crippen LogP contribution < -0.4 is 10.2 Å². The van der Waals surface area contributed by atoms with E-state index in [2.05, 4.69) is 26.5 Å². The third-order valence-electron chi connectivity index (χ3n) is 2.74. The molecule has 0 atom stereocenters. The molecule has 0 radical (unpaired) electrons. The quantitative estimate of drug-likeness (QED) is 0.473. The average molecular weight is 364 g/mol. The molecule has 2 aromatic carbocycles. The number of anilines is 1. The summed E-state index contributed by atoms with van der Waals surface area (Å²) in [7, 11) is 0. The Morgan fingerprint density at radius 3 is 2.64 bits per heavy atom. The summed E-state index contributed by atoms with van der Waals surface area (Å²) in [5.41, 5.74) is 4.43. The van der Waals surface area contributed by atoms with Crippen molar-refractivity contribution in [3.63, 3.8) is 0 Å². The molecule has 0 unspecified atom stereocenters. The first kappa shape index (κ1) is 16.0. The Kier molecular flexibility index (Phi) is 5.48. The van der Waals surface area contributed by atoms with Crippen LogP contribution >= 0.6 is 15.9 Å². The molecule has 114 valence electrons. The number of hydrazone groups is 1. The van der Waals surface area contributed by atoms with Gasteiger partial charge in [0.1, 0.15) is 5.75 Å². The largest absolute Gasteiger partial charge is 0.493 e. The number of rotatable bonds is 6. The molecule has 0 bridgehead atoms. The lowest BCUT2D eigenvalue weighted by Gasteiger charge is -2.05. The molecule has 7 heteroatoms. The van der Waals surface area contributed by atoms with E-state index in [4.69, 9.17) is 4.74 Å². The molecule has 0 aliphatic heterocycles. The number of nitro benzene ring substituents is 1. The van der Waals surface area contributed by atoms with Crippen LogP contribution in [0.4, 0.5) is 11.4 Å². The molecule has 0 heterocycles. The average Bonchev–Trinajstić information content (AvgIpc) is 2.50. The van der Waals surface area contributed by atoms with Crippen molar-refractivity contribution in [3.05, 3.63) is 62.6 Å². The van der Waals surface area contributed by atoms with Crippen LogP contribution in [0, 0.1) is 10.1 Å². The van der Waals surface area contributed by atoms with Crippen LogP contribution in [0.2, 0.25) is 0 Å². The molecule has 2 aromatic rings. The van der Waals surface area contributed by atoms with Crippen molar-refractivity contribution in [2.75, 3.05) is 12.0 Å². The second kappa shape index (κ2) is 7.56. The zero-order chi connectivity index (χ0) is 15.9. The van der Waals surface area contributed by atoms with E-state index in [0.717, 1.165) is 15.8 Å². The Balaban J connectivity index is 2.00.